The zero-order chi connectivity index (χ0) is 26.6. The Morgan fingerprint density at radius 2 is 1.70 bits per heavy atom. The van der Waals surface area contributed by atoms with Gasteiger partial charge in [0.05, 0.1) is 22.7 Å². The minimum absolute atomic E-state index is 0.00561. The predicted molar refractivity (Wildman–Crippen MR) is 151 cm³/mol. The topological polar surface area (TPSA) is 92.3 Å². The molecule has 37 heavy (non-hydrogen) atoms. The molecule has 0 aliphatic rings. The van der Waals surface area contributed by atoms with Crippen molar-refractivity contribution in [2.75, 3.05) is 9.62 Å². The van der Waals surface area contributed by atoms with Crippen LogP contribution in [0.1, 0.15) is 35.3 Å². The van der Waals surface area contributed by atoms with Gasteiger partial charge in [0.25, 0.3) is 15.9 Å². The first kappa shape index (κ1) is 27.1. The number of carbonyl (C=O) groups excluding carboxylic acids is 1. The lowest BCUT2D eigenvalue weighted by Crippen LogP contribution is -2.32. The van der Waals surface area contributed by atoms with Crippen molar-refractivity contribution in [1.29, 1.82) is 0 Å². The van der Waals surface area contributed by atoms with E-state index < -0.39 is 15.9 Å². The fraction of sp³-hybridized carbons (Fsp3) is 0.192. The lowest BCUT2D eigenvalue weighted by molar-refractivity contribution is 0.102. The number of aryl methyl sites for hydroxylation is 1. The largest absolute Gasteiger partial charge is 0.296 e. The zero-order valence-electron chi connectivity index (χ0n) is 20.4. The van der Waals surface area contributed by atoms with Crippen LogP contribution in [0.3, 0.4) is 0 Å². The Kier molecular flexibility index (Phi) is 8.53. The van der Waals surface area contributed by atoms with Gasteiger partial charge in [-0.15, -0.1) is 10.2 Å². The normalized spacial score (nSPS) is 11.5. The SMILES string of the molecule is Cc1ccc(S(=O)(=O)N(Cc2ccc(Cl)cc2)c2ccccc2C(=O)Nc2nnc(SC(C)C)s2)cc1. The summed E-state index contributed by atoms with van der Waals surface area (Å²) in [4.78, 5) is 13.5. The van der Waals surface area contributed by atoms with E-state index in [9.17, 15) is 13.2 Å². The minimum atomic E-state index is -4.03. The summed E-state index contributed by atoms with van der Waals surface area (Å²) in [6.45, 7) is 5.99. The van der Waals surface area contributed by atoms with Crippen molar-refractivity contribution >= 4 is 61.4 Å². The van der Waals surface area contributed by atoms with Gasteiger partial charge in [0.15, 0.2) is 4.34 Å². The number of sulfonamides is 1. The van der Waals surface area contributed by atoms with E-state index in [0.29, 0.717) is 15.4 Å². The molecule has 0 saturated heterocycles. The molecule has 1 heterocycles. The maximum absolute atomic E-state index is 13.9. The fourth-order valence-corrected chi connectivity index (χ4v) is 7.02. The van der Waals surface area contributed by atoms with Gasteiger partial charge in [-0.05, 0) is 48.9 Å². The Hall–Kier alpha value is -2.92. The van der Waals surface area contributed by atoms with Crippen molar-refractivity contribution in [1.82, 2.24) is 10.2 Å². The van der Waals surface area contributed by atoms with E-state index in [1.165, 1.54) is 15.6 Å². The minimum Gasteiger partial charge on any atom is -0.296 e. The van der Waals surface area contributed by atoms with Gasteiger partial charge < -0.3 is 0 Å². The molecule has 0 spiro atoms. The second kappa shape index (κ2) is 11.6. The average Bonchev–Trinajstić information content (AvgIpc) is 3.29. The predicted octanol–water partition coefficient (Wildman–Crippen LogP) is 6.65. The van der Waals surface area contributed by atoms with Gasteiger partial charge in [-0.25, -0.2) is 8.42 Å². The molecule has 0 unspecified atom stereocenters. The number of carbonyl (C=O) groups is 1. The van der Waals surface area contributed by atoms with Crippen molar-refractivity contribution < 1.29 is 13.2 Å². The van der Waals surface area contributed by atoms with Crippen LogP contribution in [0.15, 0.2) is 82.0 Å². The van der Waals surface area contributed by atoms with Crippen molar-refractivity contribution in [2.24, 2.45) is 0 Å². The Balaban J connectivity index is 1.73. The van der Waals surface area contributed by atoms with Crippen LogP contribution in [-0.2, 0) is 16.6 Å². The molecule has 0 bridgehead atoms. The number of hydrogen-bond acceptors (Lipinski definition) is 7. The standard InChI is InChI=1S/C26H25ClN4O3S3/c1-17(2)35-26-30-29-25(36-26)28-24(32)22-6-4-5-7-23(22)31(16-19-10-12-20(27)13-11-19)37(33,34)21-14-8-18(3)9-15-21/h4-15,17H,16H2,1-3H3,(H,28,29,32). The molecule has 0 radical (unpaired) electrons. The fourth-order valence-electron chi connectivity index (χ4n) is 3.45. The van der Waals surface area contributed by atoms with Crippen LogP contribution < -0.4 is 9.62 Å². The van der Waals surface area contributed by atoms with E-state index in [4.69, 9.17) is 11.6 Å². The van der Waals surface area contributed by atoms with Crippen LogP contribution >= 0.6 is 34.7 Å². The van der Waals surface area contributed by atoms with Gasteiger partial charge in [-0.3, -0.25) is 14.4 Å². The Bertz CT molecular complexity index is 1490. The lowest BCUT2D eigenvalue weighted by atomic mass is 10.1. The van der Waals surface area contributed by atoms with E-state index in [2.05, 4.69) is 15.5 Å². The van der Waals surface area contributed by atoms with E-state index in [0.717, 1.165) is 15.5 Å². The number of aromatic nitrogens is 2. The molecule has 1 aromatic heterocycles. The Labute approximate surface area is 229 Å². The Morgan fingerprint density at radius 1 is 1.03 bits per heavy atom. The number of benzene rings is 3. The smallest absolute Gasteiger partial charge is 0.264 e. The van der Waals surface area contributed by atoms with Gasteiger partial charge in [-0.1, -0.05) is 90.5 Å². The molecule has 11 heteroatoms. The third-order valence-electron chi connectivity index (χ3n) is 5.23. The summed E-state index contributed by atoms with van der Waals surface area (Å²) in [7, 11) is -4.03. The van der Waals surface area contributed by atoms with Crippen molar-refractivity contribution in [3.8, 4) is 0 Å². The first-order chi connectivity index (χ1) is 17.6. The quantitative estimate of drug-likeness (QED) is 0.178. The highest BCUT2D eigenvalue weighted by molar-refractivity contribution is 8.01. The Morgan fingerprint density at radius 3 is 2.38 bits per heavy atom. The molecule has 3 aromatic carbocycles. The lowest BCUT2D eigenvalue weighted by Gasteiger charge is -2.26. The molecule has 4 rings (SSSR count). The van der Waals surface area contributed by atoms with E-state index in [-0.39, 0.29) is 22.7 Å². The van der Waals surface area contributed by atoms with Crippen molar-refractivity contribution in [3.05, 3.63) is 94.5 Å². The number of amides is 1. The maximum Gasteiger partial charge on any atom is 0.264 e. The summed E-state index contributed by atoms with van der Waals surface area (Å²) in [5, 5.41) is 12.2. The van der Waals surface area contributed by atoms with E-state index >= 15 is 0 Å². The number of hydrogen-bond donors (Lipinski definition) is 1. The third-order valence-corrected chi connectivity index (χ3v) is 9.18. The summed E-state index contributed by atoms with van der Waals surface area (Å²) < 4.78 is 29.8. The maximum atomic E-state index is 13.9. The average molecular weight is 573 g/mol. The summed E-state index contributed by atoms with van der Waals surface area (Å²) in [6.07, 6.45) is 0. The number of nitrogens with one attached hydrogen (secondary N) is 1. The second-order valence-electron chi connectivity index (χ2n) is 8.46. The molecule has 0 atom stereocenters. The molecule has 0 aliphatic heterocycles. The van der Waals surface area contributed by atoms with Crippen LogP contribution in [0.25, 0.3) is 0 Å². The van der Waals surface area contributed by atoms with Crippen molar-refractivity contribution in [2.45, 2.75) is 41.8 Å². The highest BCUT2D eigenvalue weighted by atomic mass is 35.5. The van der Waals surface area contributed by atoms with Crippen LogP contribution in [0.4, 0.5) is 10.8 Å². The van der Waals surface area contributed by atoms with E-state index in [1.54, 1.807) is 84.6 Å². The van der Waals surface area contributed by atoms with Crippen molar-refractivity contribution in [3.63, 3.8) is 0 Å². The summed E-state index contributed by atoms with van der Waals surface area (Å²) >= 11 is 8.86. The molecule has 192 valence electrons. The second-order valence-corrected chi connectivity index (χ2v) is 13.6. The molecule has 1 N–H and O–H groups in total. The molecule has 0 saturated carbocycles. The number of para-hydroxylation sites is 1. The third kappa shape index (κ3) is 6.70. The van der Waals surface area contributed by atoms with Crippen LogP contribution in [0, 0.1) is 6.92 Å². The molecule has 7 nitrogen and oxygen atoms in total. The summed E-state index contributed by atoms with van der Waals surface area (Å²) in [5.41, 5.74) is 2.10. The molecule has 0 aliphatic carbocycles. The summed E-state index contributed by atoms with van der Waals surface area (Å²) in [6, 6.07) is 20.2. The molecule has 1 amide bonds. The number of thioether (sulfide) groups is 1. The first-order valence-corrected chi connectivity index (χ1v) is 14.9. The van der Waals surface area contributed by atoms with Crippen LogP contribution in [0.5, 0.6) is 0 Å². The highest BCUT2D eigenvalue weighted by Crippen LogP contribution is 2.32. The highest BCUT2D eigenvalue weighted by Gasteiger charge is 2.29. The monoisotopic (exact) mass is 572 g/mol. The first-order valence-electron chi connectivity index (χ1n) is 11.4. The van der Waals surface area contributed by atoms with Crippen LogP contribution in [-0.4, -0.2) is 29.8 Å². The molecule has 0 fully saturated rings. The molecular weight excluding hydrogens is 548 g/mol. The summed E-state index contributed by atoms with van der Waals surface area (Å²) in [5.74, 6) is -0.479. The number of halogens is 1. The zero-order valence-corrected chi connectivity index (χ0v) is 23.6. The van der Waals surface area contributed by atoms with Gasteiger partial charge in [0, 0.05) is 10.3 Å². The van der Waals surface area contributed by atoms with Gasteiger partial charge in [0.2, 0.25) is 5.13 Å². The van der Waals surface area contributed by atoms with Gasteiger partial charge in [-0.2, -0.15) is 0 Å². The van der Waals surface area contributed by atoms with Gasteiger partial charge in [0.1, 0.15) is 0 Å². The molecular formula is C26H25ClN4O3S3. The van der Waals surface area contributed by atoms with Crippen LogP contribution in [0.2, 0.25) is 5.02 Å². The van der Waals surface area contributed by atoms with Gasteiger partial charge >= 0.3 is 0 Å². The molecule has 4 aromatic rings. The van der Waals surface area contributed by atoms with E-state index in [1.807, 2.05) is 20.8 Å². The number of nitrogens with zero attached hydrogens (tertiary/aromatic N) is 3. The number of rotatable bonds is 9. The number of anilines is 2.